The highest BCUT2D eigenvalue weighted by Gasteiger charge is 2.27. The lowest BCUT2D eigenvalue weighted by atomic mass is 10.0. The number of hydrogen-bond acceptors (Lipinski definition) is 3. The standard InChI is InChI=1S/C21H27N3O2/c1-14-11-17-19(12-15(14)2)24(16-5-6-16)13-18(20(17)25)21(26)22-7-10-23-8-3-4-9-23/h11-13,16H,3-10H2,1-2H3,(H,22,26). The minimum Gasteiger partial charge on any atom is -0.351 e. The van der Waals surface area contributed by atoms with Crippen LogP contribution in [0.15, 0.2) is 23.1 Å². The van der Waals surface area contributed by atoms with Crippen molar-refractivity contribution in [2.24, 2.45) is 0 Å². The molecule has 1 amide bonds. The molecule has 2 heterocycles. The third-order valence-electron chi connectivity index (χ3n) is 5.74. The van der Waals surface area contributed by atoms with Gasteiger partial charge in [-0.2, -0.15) is 0 Å². The number of pyridine rings is 1. The number of aromatic nitrogens is 1. The molecule has 1 aromatic carbocycles. The molecule has 2 aromatic rings. The average Bonchev–Trinajstić information content (AvgIpc) is 3.33. The Kier molecular flexibility index (Phi) is 4.57. The second-order valence-electron chi connectivity index (χ2n) is 7.77. The fraction of sp³-hybridized carbons (Fsp3) is 0.524. The van der Waals surface area contributed by atoms with Crippen LogP contribution in [0.25, 0.3) is 10.9 Å². The molecule has 2 aliphatic rings. The summed E-state index contributed by atoms with van der Waals surface area (Å²) in [5, 5.41) is 3.61. The van der Waals surface area contributed by atoms with E-state index in [4.69, 9.17) is 0 Å². The number of rotatable bonds is 5. The maximum atomic E-state index is 13.0. The van der Waals surface area contributed by atoms with Crippen LogP contribution in [0, 0.1) is 13.8 Å². The Morgan fingerprint density at radius 3 is 2.54 bits per heavy atom. The Morgan fingerprint density at radius 2 is 1.85 bits per heavy atom. The van der Waals surface area contributed by atoms with Crippen molar-refractivity contribution >= 4 is 16.8 Å². The summed E-state index contributed by atoms with van der Waals surface area (Å²) in [4.78, 5) is 28.0. The lowest BCUT2D eigenvalue weighted by Crippen LogP contribution is -2.36. The molecule has 0 radical (unpaired) electrons. The van der Waals surface area contributed by atoms with Crippen LogP contribution in [0.5, 0.6) is 0 Å². The average molecular weight is 353 g/mol. The van der Waals surface area contributed by atoms with Crippen molar-refractivity contribution in [3.8, 4) is 0 Å². The number of carbonyl (C=O) groups is 1. The number of amides is 1. The largest absolute Gasteiger partial charge is 0.351 e. The van der Waals surface area contributed by atoms with Gasteiger partial charge in [-0.25, -0.2) is 0 Å². The number of benzene rings is 1. The summed E-state index contributed by atoms with van der Waals surface area (Å²) in [6.45, 7) is 7.74. The third kappa shape index (κ3) is 3.28. The summed E-state index contributed by atoms with van der Waals surface area (Å²) >= 11 is 0. The van der Waals surface area contributed by atoms with Gasteiger partial charge >= 0.3 is 0 Å². The Labute approximate surface area is 154 Å². The maximum absolute atomic E-state index is 13.0. The van der Waals surface area contributed by atoms with Gasteiger partial charge in [0.1, 0.15) is 5.56 Å². The van der Waals surface area contributed by atoms with Crippen molar-refractivity contribution in [2.75, 3.05) is 26.2 Å². The van der Waals surface area contributed by atoms with Gasteiger partial charge < -0.3 is 14.8 Å². The van der Waals surface area contributed by atoms with Gasteiger partial charge in [-0.05, 0) is 75.9 Å². The molecular formula is C21H27N3O2. The lowest BCUT2D eigenvalue weighted by molar-refractivity contribution is 0.0948. The SMILES string of the molecule is Cc1cc2c(=O)c(C(=O)NCCN3CCCC3)cn(C3CC3)c2cc1C. The van der Waals surface area contributed by atoms with Crippen molar-refractivity contribution in [1.82, 2.24) is 14.8 Å². The highest BCUT2D eigenvalue weighted by molar-refractivity contribution is 5.97. The Balaban J connectivity index is 1.63. The second kappa shape index (κ2) is 6.88. The molecule has 5 nitrogen and oxygen atoms in total. The third-order valence-corrected chi connectivity index (χ3v) is 5.74. The molecule has 1 N–H and O–H groups in total. The quantitative estimate of drug-likeness (QED) is 0.899. The van der Waals surface area contributed by atoms with Gasteiger partial charge in [0.15, 0.2) is 0 Å². The van der Waals surface area contributed by atoms with Crippen molar-refractivity contribution in [3.05, 3.63) is 45.2 Å². The summed E-state index contributed by atoms with van der Waals surface area (Å²) in [5.74, 6) is -0.247. The number of nitrogens with zero attached hydrogens (tertiary/aromatic N) is 2. The monoisotopic (exact) mass is 353 g/mol. The molecule has 138 valence electrons. The topological polar surface area (TPSA) is 54.3 Å². The Bertz CT molecular complexity index is 906. The van der Waals surface area contributed by atoms with E-state index in [0.29, 0.717) is 18.0 Å². The summed E-state index contributed by atoms with van der Waals surface area (Å²) < 4.78 is 2.14. The number of likely N-dealkylation sites (tertiary alicyclic amines) is 1. The van der Waals surface area contributed by atoms with Crippen LogP contribution in [0.2, 0.25) is 0 Å². The van der Waals surface area contributed by atoms with Crippen molar-refractivity contribution in [3.63, 3.8) is 0 Å². The first kappa shape index (κ1) is 17.3. The zero-order chi connectivity index (χ0) is 18.3. The summed E-state index contributed by atoms with van der Waals surface area (Å²) in [7, 11) is 0. The maximum Gasteiger partial charge on any atom is 0.256 e. The molecule has 1 saturated heterocycles. The van der Waals surface area contributed by atoms with Gasteiger partial charge in [-0.3, -0.25) is 9.59 Å². The first-order valence-electron chi connectivity index (χ1n) is 9.71. The van der Waals surface area contributed by atoms with Gasteiger partial charge in [0.2, 0.25) is 5.43 Å². The molecule has 2 fully saturated rings. The van der Waals surface area contributed by atoms with Gasteiger partial charge in [-0.15, -0.1) is 0 Å². The van der Waals surface area contributed by atoms with Crippen LogP contribution in [-0.4, -0.2) is 41.6 Å². The molecule has 0 unspecified atom stereocenters. The predicted octanol–water partition coefficient (Wildman–Crippen LogP) is 2.78. The van der Waals surface area contributed by atoms with E-state index < -0.39 is 0 Å². The van der Waals surface area contributed by atoms with E-state index in [-0.39, 0.29) is 16.9 Å². The molecule has 1 saturated carbocycles. The molecule has 1 aliphatic carbocycles. The smallest absolute Gasteiger partial charge is 0.256 e. The van der Waals surface area contributed by atoms with Crippen LogP contribution >= 0.6 is 0 Å². The molecule has 1 aromatic heterocycles. The number of fused-ring (bicyclic) bond motifs is 1. The normalized spacial score (nSPS) is 17.8. The zero-order valence-corrected chi connectivity index (χ0v) is 15.7. The van der Waals surface area contributed by atoms with Gasteiger partial charge in [0.25, 0.3) is 5.91 Å². The fourth-order valence-electron chi connectivity index (χ4n) is 3.85. The van der Waals surface area contributed by atoms with E-state index in [2.05, 4.69) is 27.8 Å². The Morgan fingerprint density at radius 1 is 1.15 bits per heavy atom. The number of hydrogen-bond donors (Lipinski definition) is 1. The highest BCUT2D eigenvalue weighted by Crippen LogP contribution is 2.37. The molecular weight excluding hydrogens is 326 g/mol. The van der Waals surface area contributed by atoms with Crippen molar-refractivity contribution < 1.29 is 4.79 Å². The van der Waals surface area contributed by atoms with Crippen LogP contribution in [0.1, 0.15) is 53.2 Å². The minimum atomic E-state index is -0.247. The van der Waals surface area contributed by atoms with Crippen molar-refractivity contribution in [2.45, 2.75) is 45.6 Å². The molecule has 5 heteroatoms. The summed E-state index contributed by atoms with van der Waals surface area (Å²) in [5.41, 5.74) is 3.33. The first-order valence-corrected chi connectivity index (χ1v) is 9.71. The van der Waals surface area contributed by atoms with E-state index in [1.54, 1.807) is 6.20 Å². The molecule has 26 heavy (non-hydrogen) atoms. The molecule has 0 bridgehead atoms. The molecule has 1 aliphatic heterocycles. The molecule has 0 spiro atoms. The van der Waals surface area contributed by atoms with Crippen LogP contribution < -0.4 is 10.7 Å². The Hall–Kier alpha value is -2.14. The number of aryl methyl sites for hydroxylation is 2. The lowest BCUT2D eigenvalue weighted by Gasteiger charge is -2.16. The van der Waals surface area contributed by atoms with E-state index in [0.717, 1.165) is 43.6 Å². The first-order chi connectivity index (χ1) is 12.5. The second-order valence-corrected chi connectivity index (χ2v) is 7.77. The van der Waals surface area contributed by atoms with E-state index in [1.165, 1.54) is 18.4 Å². The van der Waals surface area contributed by atoms with Crippen molar-refractivity contribution in [1.29, 1.82) is 0 Å². The number of carbonyl (C=O) groups excluding carboxylic acids is 1. The fourth-order valence-corrected chi connectivity index (χ4v) is 3.85. The zero-order valence-electron chi connectivity index (χ0n) is 15.7. The van der Waals surface area contributed by atoms with Crippen LogP contribution in [0.3, 0.4) is 0 Å². The van der Waals surface area contributed by atoms with E-state index >= 15 is 0 Å². The van der Waals surface area contributed by atoms with E-state index in [9.17, 15) is 9.59 Å². The van der Waals surface area contributed by atoms with E-state index in [1.807, 2.05) is 13.0 Å². The van der Waals surface area contributed by atoms with Gasteiger partial charge in [0, 0.05) is 30.7 Å². The van der Waals surface area contributed by atoms with Crippen LogP contribution in [-0.2, 0) is 0 Å². The number of nitrogens with one attached hydrogen (secondary N) is 1. The van der Waals surface area contributed by atoms with Crippen LogP contribution in [0.4, 0.5) is 0 Å². The summed E-state index contributed by atoms with van der Waals surface area (Å²) in [6.07, 6.45) is 6.48. The summed E-state index contributed by atoms with van der Waals surface area (Å²) in [6, 6.07) is 4.43. The highest BCUT2D eigenvalue weighted by atomic mass is 16.2. The van der Waals surface area contributed by atoms with Gasteiger partial charge in [-0.1, -0.05) is 0 Å². The molecule has 4 rings (SSSR count). The predicted molar refractivity (Wildman–Crippen MR) is 104 cm³/mol. The molecule has 0 atom stereocenters. The minimum absolute atomic E-state index is 0.154. The van der Waals surface area contributed by atoms with Gasteiger partial charge in [0.05, 0.1) is 5.52 Å².